The molecule has 1 nitrogen and oxygen atoms in total. The molecule has 0 N–H and O–H groups in total. The van der Waals surface area contributed by atoms with Crippen LogP contribution in [0.15, 0.2) is 0 Å². The van der Waals surface area contributed by atoms with E-state index in [0.29, 0.717) is 12.3 Å². The molecule has 2 unspecified atom stereocenters. The van der Waals surface area contributed by atoms with Gasteiger partial charge in [-0.2, -0.15) is 0 Å². The Bertz CT molecular complexity index is 126. The average Bonchev–Trinajstić information content (AvgIpc) is 1.98. The van der Waals surface area contributed by atoms with Gasteiger partial charge in [-0.3, -0.25) is 4.90 Å². The van der Waals surface area contributed by atoms with Gasteiger partial charge >= 0.3 is 0 Å². The molecular weight excluding hydrogens is 172 g/mol. The van der Waals surface area contributed by atoms with E-state index in [2.05, 4.69) is 13.8 Å². The lowest BCUT2D eigenvalue weighted by atomic mass is 10.1. The Labute approximate surface area is 80.1 Å². The van der Waals surface area contributed by atoms with Gasteiger partial charge in [-0.05, 0) is 32.7 Å². The van der Waals surface area contributed by atoms with Crippen LogP contribution in [-0.4, -0.2) is 31.0 Å². The Hall–Kier alpha value is -0.180. The lowest BCUT2D eigenvalue weighted by Gasteiger charge is -2.22. The Morgan fingerprint density at radius 1 is 1.08 bits per heavy atom. The number of nitrogens with zero attached hydrogens (tertiary/aromatic N) is 1. The first kappa shape index (κ1) is 12.8. The fourth-order valence-electron chi connectivity index (χ4n) is 1.20. The summed E-state index contributed by atoms with van der Waals surface area (Å²) in [5.74, 6) is 0.509. The molecule has 0 radical (unpaired) electrons. The maximum Gasteiger partial charge on any atom is 0.153 e. The molecule has 0 spiro atoms. The number of hydrogen-bond acceptors (Lipinski definition) is 1. The molecule has 0 amide bonds. The summed E-state index contributed by atoms with van der Waals surface area (Å²) in [4.78, 5) is 1.44. The van der Waals surface area contributed by atoms with Crippen LogP contribution >= 0.6 is 0 Å². The molecule has 0 saturated carbocycles. The fraction of sp³-hybridized carbons (Fsp3) is 1.00. The first-order valence-electron chi connectivity index (χ1n) is 4.91. The third-order valence-corrected chi connectivity index (χ3v) is 2.00. The van der Waals surface area contributed by atoms with E-state index in [-0.39, 0.29) is 6.54 Å². The van der Waals surface area contributed by atoms with E-state index in [0.717, 1.165) is 6.42 Å². The van der Waals surface area contributed by atoms with Gasteiger partial charge in [0.2, 0.25) is 0 Å². The van der Waals surface area contributed by atoms with E-state index in [9.17, 15) is 8.78 Å². The van der Waals surface area contributed by atoms with Gasteiger partial charge < -0.3 is 0 Å². The van der Waals surface area contributed by atoms with Gasteiger partial charge in [0, 0.05) is 6.54 Å². The number of hydrogen-bond donors (Lipinski definition) is 0. The minimum atomic E-state index is -0.999. The molecule has 80 valence electrons. The van der Waals surface area contributed by atoms with E-state index >= 15 is 0 Å². The van der Waals surface area contributed by atoms with Crippen molar-refractivity contribution in [3.8, 4) is 0 Å². The van der Waals surface area contributed by atoms with Gasteiger partial charge in [-0.25, -0.2) is 8.78 Å². The van der Waals surface area contributed by atoms with Crippen LogP contribution in [0.25, 0.3) is 0 Å². The lowest BCUT2D eigenvalue weighted by Crippen LogP contribution is -2.32. The quantitative estimate of drug-likeness (QED) is 0.586. The molecule has 0 aliphatic heterocycles. The van der Waals surface area contributed by atoms with Crippen LogP contribution < -0.4 is 0 Å². The van der Waals surface area contributed by atoms with E-state index in [1.54, 1.807) is 7.05 Å². The van der Waals surface area contributed by atoms with Crippen LogP contribution in [0.1, 0.15) is 33.6 Å². The summed E-state index contributed by atoms with van der Waals surface area (Å²) in [7, 11) is 1.63. The molecule has 0 aromatic rings. The van der Waals surface area contributed by atoms with Gasteiger partial charge in [-0.1, -0.05) is 13.8 Å². The zero-order valence-corrected chi connectivity index (χ0v) is 9.06. The highest BCUT2D eigenvalue weighted by atomic mass is 19.1. The largest absolute Gasteiger partial charge is 0.274 e. The second-order valence-electron chi connectivity index (χ2n) is 4.13. The summed E-state index contributed by atoms with van der Waals surface area (Å²) in [6.07, 6.45) is -0.601. The van der Waals surface area contributed by atoms with E-state index in [1.807, 2.05) is 0 Å². The van der Waals surface area contributed by atoms with Crippen LogP contribution in [0.4, 0.5) is 8.78 Å². The van der Waals surface area contributed by atoms with Crippen LogP contribution in [0.3, 0.4) is 0 Å². The molecule has 0 aliphatic rings. The summed E-state index contributed by atoms with van der Waals surface area (Å²) in [5.41, 5.74) is 0. The highest BCUT2D eigenvalue weighted by Gasteiger charge is 2.15. The molecule has 0 aliphatic carbocycles. The van der Waals surface area contributed by atoms with E-state index in [1.165, 1.54) is 11.8 Å². The van der Waals surface area contributed by atoms with Crippen molar-refractivity contribution in [2.24, 2.45) is 5.92 Å². The van der Waals surface area contributed by atoms with E-state index < -0.39 is 12.5 Å². The van der Waals surface area contributed by atoms with Gasteiger partial charge in [-0.15, -0.1) is 0 Å². The van der Waals surface area contributed by atoms with Gasteiger partial charge in [0.05, 0.1) is 0 Å². The highest BCUT2D eigenvalue weighted by Crippen LogP contribution is 2.12. The second kappa shape index (κ2) is 6.30. The van der Waals surface area contributed by atoms with Gasteiger partial charge in [0.15, 0.2) is 6.30 Å². The van der Waals surface area contributed by atoms with Crippen molar-refractivity contribution >= 4 is 0 Å². The maximum atomic E-state index is 13.3. The molecule has 3 heteroatoms. The molecule has 0 aromatic heterocycles. The molecule has 0 rings (SSSR count). The molecule has 13 heavy (non-hydrogen) atoms. The molecule has 0 aromatic carbocycles. The normalized spacial score (nSPS) is 16.6. The zero-order valence-electron chi connectivity index (χ0n) is 9.06. The Morgan fingerprint density at radius 2 is 1.62 bits per heavy atom. The van der Waals surface area contributed by atoms with Crippen LogP contribution in [0.5, 0.6) is 0 Å². The van der Waals surface area contributed by atoms with Crippen molar-refractivity contribution in [1.82, 2.24) is 4.90 Å². The minimum Gasteiger partial charge on any atom is -0.274 e. The maximum absolute atomic E-state index is 13.3. The van der Waals surface area contributed by atoms with Crippen molar-refractivity contribution in [3.05, 3.63) is 0 Å². The van der Waals surface area contributed by atoms with Crippen molar-refractivity contribution in [3.63, 3.8) is 0 Å². The third-order valence-electron chi connectivity index (χ3n) is 2.00. The molecule has 0 saturated heterocycles. The summed E-state index contributed by atoms with van der Waals surface area (Å²) in [6, 6.07) is 0. The summed E-state index contributed by atoms with van der Waals surface area (Å²) in [5, 5.41) is 0. The Morgan fingerprint density at radius 3 is 2.00 bits per heavy atom. The zero-order chi connectivity index (χ0) is 10.4. The highest BCUT2D eigenvalue weighted by molar-refractivity contribution is 4.62. The summed E-state index contributed by atoms with van der Waals surface area (Å²) in [6.45, 7) is 5.75. The number of halogens is 2. The fourth-order valence-corrected chi connectivity index (χ4v) is 1.20. The van der Waals surface area contributed by atoms with Crippen molar-refractivity contribution < 1.29 is 8.78 Å². The van der Waals surface area contributed by atoms with E-state index in [4.69, 9.17) is 0 Å². The molecular formula is C10H21F2N. The smallest absolute Gasteiger partial charge is 0.153 e. The summed E-state index contributed by atoms with van der Waals surface area (Å²) < 4.78 is 25.8. The predicted octanol–water partition coefficient (Wildman–Crippen LogP) is 3.01. The van der Waals surface area contributed by atoms with Crippen LogP contribution in [0, 0.1) is 5.92 Å². The standard InChI is InChI=1S/C10H21F2N/c1-8(2)5-6-10(12)13(4)7-9(3)11/h8-10H,5-7H2,1-4H3. The summed E-state index contributed by atoms with van der Waals surface area (Å²) >= 11 is 0. The van der Waals surface area contributed by atoms with Crippen molar-refractivity contribution in [2.75, 3.05) is 13.6 Å². The molecule has 0 fully saturated rings. The molecule has 2 atom stereocenters. The molecule has 0 heterocycles. The van der Waals surface area contributed by atoms with Crippen LogP contribution in [0.2, 0.25) is 0 Å². The minimum absolute atomic E-state index is 0.180. The average molecular weight is 193 g/mol. The monoisotopic (exact) mass is 193 g/mol. The first-order valence-corrected chi connectivity index (χ1v) is 4.91. The Balaban J connectivity index is 3.62. The predicted molar refractivity (Wildman–Crippen MR) is 52.2 cm³/mol. The first-order chi connectivity index (χ1) is 5.93. The van der Waals surface area contributed by atoms with Crippen molar-refractivity contribution in [1.29, 1.82) is 0 Å². The number of alkyl halides is 2. The topological polar surface area (TPSA) is 3.24 Å². The van der Waals surface area contributed by atoms with Crippen molar-refractivity contribution in [2.45, 2.75) is 46.1 Å². The third kappa shape index (κ3) is 6.94. The molecule has 0 bridgehead atoms. The SMILES string of the molecule is CC(C)CCC(F)N(C)CC(C)F. The van der Waals surface area contributed by atoms with Crippen LogP contribution in [-0.2, 0) is 0 Å². The second-order valence-corrected chi connectivity index (χ2v) is 4.13. The van der Waals surface area contributed by atoms with Gasteiger partial charge in [0.1, 0.15) is 6.17 Å². The Kier molecular flexibility index (Phi) is 6.21. The number of rotatable bonds is 6. The van der Waals surface area contributed by atoms with Gasteiger partial charge in [0.25, 0.3) is 0 Å². The lowest BCUT2D eigenvalue weighted by molar-refractivity contribution is 0.0744.